The fourth-order valence-corrected chi connectivity index (χ4v) is 6.98. The van der Waals surface area contributed by atoms with E-state index in [0.29, 0.717) is 42.9 Å². The molecule has 0 radical (unpaired) electrons. The zero-order valence-electron chi connectivity index (χ0n) is 27.1. The molecule has 1 aliphatic heterocycles. The normalized spacial score (nSPS) is 17.7. The van der Waals surface area contributed by atoms with Crippen molar-refractivity contribution < 1.29 is 24.2 Å². The van der Waals surface area contributed by atoms with Gasteiger partial charge >= 0.3 is 6.09 Å². The van der Waals surface area contributed by atoms with E-state index in [2.05, 4.69) is 29.7 Å². The molecule has 46 heavy (non-hydrogen) atoms. The standard InChI is InChI=1S/C36H45ClN4O5/c1-5-24-10-6-11-26(20-24)31-29(12-7-13-30(31)37)36(45,17-8-18-40-34(44)46-4)35(2)16-9-19-41(23-35)33(43)27-15-14-25(22-39-3)21-28(27)32(38)42/h6-7,10-15,20-21,39,45H,5,8-9,16-19,22-23H2,1-4H3,(H2,38,42)(H,40,44)/t35-,36?/m1/s1. The lowest BCUT2D eigenvalue weighted by Gasteiger charge is -2.51. The first-order valence-corrected chi connectivity index (χ1v) is 16.1. The van der Waals surface area contributed by atoms with Crippen LogP contribution < -0.4 is 16.4 Å². The number of likely N-dealkylation sites (tertiary alicyclic amines) is 1. The van der Waals surface area contributed by atoms with Crippen molar-refractivity contribution >= 4 is 29.5 Å². The molecule has 1 aliphatic rings. The SMILES string of the molecule is CCc1cccc(-c2c(Cl)cccc2C(O)(CCCNC(=O)OC)[C@]2(C)CCCN(C(=O)c3ccc(CNC)cc3C(N)=O)C2)c1. The number of benzene rings is 3. The number of rotatable bonds is 12. The average Bonchev–Trinajstić information content (AvgIpc) is 3.06. The third kappa shape index (κ3) is 7.38. The maximum Gasteiger partial charge on any atom is 0.406 e. The van der Waals surface area contributed by atoms with Gasteiger partial charge in [0.25, 0.3) is 5.91 Å². The first kappa shape index (κ1) is 34.9. The highest BCUT2D eigenvalue weighted by Gasteiger charge is 2.51. The summed E-state index contributed by atoms with van der Waals surface area (Å²) in [4.78, 5) is 40.0. The molecular weight excluding hydrogens is 604 g/mol. The fourth-order valence-electron chi connectivity index (χ4n) is 6.69. The fraction of sp³-hybridized carbons (Fsp3) is 0.417. The molecule has 1 unspecified atom stereocenters. The molecule has 3 aromatic carbocycles. The predicted molar refractivity (Wildman–Crippen MR) is 181 cm³/mol. The molecule has 3 amide bonds. The van der Waals surface area contributed by atoms with Crippen molar-refractivity contribution in [2.24, 2.45) is 11.1 Å². The Labute approximate surface area is 276 Å². The number of hydrogen-bond acceptors (Lipinski definition) is 6. The van der Waals surface area contributed by atoms with E-state index in [4.69, 9.17) is 22.1 Å². The van der Waals surface area contributed by atoms with Crippen LogP contribution in [0.4, 0.5) is 4.79 Å². The number of hydrogen-bond donors (Lipinski definition) is 4. The van der Waals surface area contributed by atoms with Crippen molar-refractivity contribution in [3.63, 3.8) is 0 Å². The van der Waals surface area contributed by atoms with Gasteiger partial charge in [-0.3, -0.25) is 9.59 Å². The van der Waals surface area contributed by atoms with Crippen LogP contribution >= 0.6 is 11.6 Å². The second-order valence-corrected chi connectivity index (χ2v) is 12.7. The van der Waals surface area contributed by atoms with Crippen LogP contribution in [0.3, 0.4) is 0 Å². The minimum atomic E-state index is -1.46. The summed E-state index contributed by atoms with van der Waals surface area (Å²) < 4.78 is 4.74. The monoisotopic (exact) mass is 648 g/mol. The van der Waals surface area contributed by atoms with Crippen LogP contribution in [0.1, 0.15) is 76.9 Å². The molecule has 10 heteroatoms. The summed E-state index contributed by atoms with van der Waals surface area (Å²) in [6.45, 7) is 5.59. The predicted octanol–water partition coefficient (Wildman–Crippen LogP) is 5.65. The Morgan fingerprint density at radius 3 is 2.54 bits per heavy atom. The minimum absolute atomic E-state index is 0.169. The van der Waals surface area contributed by atoms with Gasteiger partial charge in [0.05, 0.1) is 23.8 Å². The largest absolute Gasteiger partial charge is 0.453 e. The zero-order valence-corrected chi connectivity index (χ0v) is 27.9. The van der Waals surface area contributed by atoms with Crippen molar-refractivity contribution in [2.45, 2.75) is 58.1 Å². The van der Waals surface area contributed by atoms with E-state index in [1.807, 2.05) is 43.3 Å². The lowest BCUT2D eigenvalue weighted by atomic mass is 9.62. The van der Waals surface area contributed by atoms with E-state index >= 15 is 0 Å². The second kappa shape index (κ2) is 15.1. The van der Waals surface area contributed by atoms with Crippen LogP contribution in [0, 0.1) is 5.41 Å². The number of halogens is 1. The van der Waals surface area contributed by atoms with Gasteiger partial charge in [0.2, 0.25) is 5.91 Å². The molecule has 2 atom stereocenters. The molecule has 1 fully saturated rings. The van der Waals surface area contributed by atoms with E-state index in [-0.39, 0.29) is 36.5 Å². The molecule has 1 heterocycles. The lowest BCUT2D eigenvalue weighted by Crippen LogP contribution is -2.55. The molecule has 0 spiro atoms. The van der Waals surface area contributed by atoms with Crippen LogP contribution in [-0.4, -0.2) is 61.7 Å². The van der Waals surface area contributed by atoms with Crippen molar-refractivity contribution in [1.82, 2.24) is 15.5 Å². The quantitative estimate of drug-likeness (QED) is 0.188. The smallest absolute Gasteiger partial charge is 0.406 e. The molecule has 1 saturated heterocycles. The number of carbonyl (C=O) groups is 3. The third-order valence-electron chi connectivity index (χ3n) is 9.20. The van der Waals surface area contributed by atoms with E-state index in [0.717, 1.165) is 28.7 Å². The van der Waals surface area contributed by atoms with Gasteiger partial charge in [-0.15, -0.1) is 0 Å². The van der Waals surface area contributed by atoms with Crippen molar-refractivity contribution in [3.05, 3.63) is 93.5 Å². The first-order chi connectivity index (χ1) is 22.0. The van der Waals surface area contributed by atoms with Crippen LogP contribution in [-0.2, 0) is 23.3 Å². The number of carbonyl (C=O) groups excluding carboxylic acids is 3. The summed E-state index contributed by atoms with van der Waals surface area (Å²) in [5.74, 6) is -0.985. The Kier molecular flexibility index (Phi) is 11.5. The van der Waals surface area contributed by atoms with Gasteiger partial charge in [-0.25, -0.2) is 4.79 Å². The molecule has 3 aromatic rings. The molecule has 246 valence electrons. The third-order valence-corrected chi connectivity index (χ3v) is 9.51. The summed E-state index contributed by atoms with van der Waals surface area (Å²) in [5, 5.41) is 19.3. The van der Waals surface area contributed by atoms with Crippen molar-refractivity contribution in [3.8, 4) is 11.1 Å². The Hall–Kier alpha value is -3.92. The molecular formula is C36H45ClN4O5. The summed E-state index contributed by atoms with van der Waals surface area (Å²) in [6, 6.07) is 18.8. The Balaban J connectivity index is 1.78. The number of amides is 3. The van der Waals surface area contributed by atoms with Gasteiger partial charge in [0.1, 0.15) is 0 Å². The van der Waals surface area contributed by atoms with Gasteiger partial charge < -0.3 is 31.1 Å². The number of primary amides is 1. The number of methoxy groups -OCH3 is 1. The highest BCUT2D eigenvalue weighted by Crippen LogP contribution is 2.52. The maximum atomic E-state index is 14.1. The van der Waals surface area contributed by atoms with Gasteiger partial charge in [0, 0.05) is 42.2 Å². The maximum absolute atomic E-state index is 14.1. The van der Waals surface area contributed by atoms with Crippen LogP contribution in [0.15, 0.2) is 60.7 Å². The summed E-state index contributed by atoms with van der Waals surface area (Å²) in [5.41, 5.74) is 8.13. The highest BCUT2D eigenvalue weighted by atomic mass is 35.5. The molecule has 0 saturated carbocycles. The summed E-state index contributed by atoms with van der Waals surface area (Å²) in [7, 11) is 3.11. The van der Waals surface area contributed by atoms with E-state index in [1.54, 1.807) is 24.1 Å². The number of nitrogens with zero attached hydrogens (tertiary/aromatic N) is 1. The highest BCUT2D eigenvalue weighted by molar-refractivity contribution is 6.33. The molecule has 5 N–H and O–H groups in total. The molecule has 9 nitrogen and oxygen atoms in total. The van der Waals surface area contributed by atoms with Gasteiger partial charge in [0.15, 0.2) is 0 Å². The topological polar surface area (TPSA) is 134 Å². The first-order valence-electron chi connectivity index (χ1n) is 15.8. The number of ether oxygens (including phenoxy) is 1. The van der Waals surface area contributed by atoms with Crippen LogP contribution in [0.25, 0.3) is 11.1 Å². The molecule has 0 aliphatic carbocycles. The molecule has 0 aromatic heterocycles. The van der Waals surface area contributed by atoms with E-state index in [1.165, 1.54) is 7.11 Å². The van der Waals surface area contributed by atoms with Gasteiger partial charge in [-0.1, -0.05) is 67.9 Å². The number of aryl methyl sites for hydroxylation is 1. The Bertz CT molecular complexity index is 1580. The van der Waals surface area contributed by atoms with Crippen molar-refractivity contribution in [2.75, 3.05) is 33.8 Å². The number of aliphatic hydroxyl groups is 1. The minimum Gasteiger partial charge on any atom is -0.453 e. The summed E-state index contributed by atoms with van der Waals surface area (Å²) >= 11 is 6.92. The number of piperidine rings is 1. The van der Waals surface area contributed by atoms with E-state index < -0.39 is 23.0 Å². The number of nitrogens with one attached hydrogen (secondary N) is 2. The second-order valence-electron chi connectivity index (χ2n) is 12.3. The van der Waals surface area contributed by atoms with Gasteiger partial charge in [-0.2, -0.15) is 0 Å². The Morgan fingerprint density at radius 1 is 1.09 bits per heavy atom. The van der Waals surface area contributed by atoms with E-state index in [9.17, 15) is 19.5 Å². The Morgan fingerprint density at radius 2 is 1.85 bits per heavy atom. The zero-order chi connectivity index (χ0) is 33.5. The number of nitrogens with two attached hydrogens (primary N) is 1. The number of alkyl carbamates (subject to hydrolysis) is 1. The average molecular weight is 649 g/mol. The molecule has 4 rings (SSSR count). The van der Waals surface area contributed by atoms with Crippen molar-refractivity contribution in [1.29, 1.82) is 0 Å². The molecule has 0 bridgehead atoms. The van der Waals surface area contributed by atoms with Gasteiger partial charge in [-0.05, 0) is 79.6 Å². The van der Waals surface area contributed by atoms with Crippen LogP contribution in [0.2, 0.25) is 5.02 Å². The summed E-state index contributed by atoms with van der Waals surface area (Å²) in [6.07, 6.45) is 2.28. The lowest BCUT2D eigenvalue weighted by molar-refractivity contribution is -0.116. The van der Waals surface area contributed by atoms with Crippen LogP contribution in [0.5, 0.6) is 0 Å².